The van der Waals surface area contributed by atoms with Crippen molar-refractivity contribution in [3.8, 4) is 0 Å². The first-order valence-corrected chi connectivity index (χ1v) is 9.54. The fraction of sp³-hybridized carbons (Fsp3) is 0.278. The summed E-state index contributed by atoms with van der Waals surface area (Å²) >= 11 is 0. The summed E-state index contributed by atoms with van der Waals surface area (Å²) in [5.41, 5.74) is 7.75. The molecule has 7 heteroatoms. The number of nitrogens with two attached hydrogens (primary N) is 1. The second-order valence-electron chi connectivity index (χ2n) is 6.08. The predicted molar refractivity (Wildman–Crippen MR) is 96.7 cm³/mol. The number of carbonyl (C=O) groups excluding carboxylic acids is 1. The van der Waals surface area contributed by atoms with E-state index in [-0.39, 0.29) is 23.9 Å². The van der Waals surface area contributed by atoms with Crippen LogP contribution < -0.4 is 5.73 Å². The van der Waals surface area contributed by atoms with Crippen LogP contribution in [0, 0.1) is 6.92 Å². The molecule has 2 aromatic carbocycles. The molecular weight excluding hydrogens is 338 g/mol. The molecule has 1 aliphatic heterocycles. The highest BCUT2D eigenvalue weighted by molar-refractivity contribution is 7.89. The van der Waals surface area contributed by atoms with Crippen molar-refractivity contribution in [1.29, 1.82) is 0 Å². The third-order valence-corrected chi connectivity index (χ3v) is 6.31. The highest BCUT2D eigenvalue weighted by Crippen LogP contribution is 2.20. The summed E-state index contributed by atoms with van der Waals surface area (Å²) in [5.74, 6) is -0.110. The lowest BCUT2D eigenvalue weighted by Gasteiger charge is -2.34. The third kappa shape index (κ3) is 3.52. The monoisotopic (exact) mass is 359 g/mol. The van der Waals surface area contributed by atoms with Gasteiger partial charge in [0.1, 0.15) is 0 Å². The molecule has 0 radical (unpaired) electrons. The lowest BCUT2D eigenvalue weighted by atomic mass is 10.1. The van der Waals surface area contributed by atoms with E-state index in [1.807, 2.05) is 13.0 Å². The number of rotatable bonds is 3. The lowest BCUT2D eigenvalue weighted by Crippen LogP contribution is -2.50. The first kappa shape index (κ1) is 17.4. The van der Waals surface area contributed by atoms with Gasteiger partial charge in [-0.15, -0.1) is 0 Å². The van der Waals surface area contributed by atoms with Crippen molar-refractivity contribution < 1.29 is 13.2 Å². The van der Waals surface area contributed by atoms with Crippen LogP contribution in [-0.4, -0.2) is 49.7 Å². The Balaban J connectivity index is 1.72. The molecule has 25 heavy (non-hydrogen) atoms. The van der Waals surface area contributed by atoms with Gasteiger partial charge in [0.2, 0.25) is 10.0 Å². The van der Waals surface area contributed by atoms with Gasteiger partial charge in [-0.05, 0) is 36.8 Å². The number of hydrogen-bond acceptors (Lipinski definition) is 4. The summed E-state index contributed by atoms with van der Waals surface area (Å²) in [4.78, 5) is 14.7. The Hall–Kier alpha value is -2.38. The number of piperazine rings is 1. The minimum atomic E-state index is -3.52. The van der Waals surface area contributed by atoms with Gasteiger partial charge < -0.3 is 10.6 Å². The smallest absolute Gasteiger partial charge is 0.254 e. The normalized spacial score (nSPS) is 16.0. The van der Waals surface area contributed by atoms with Crippen molar-refractivity contribution >= 4 is 21.6 Å². The third-order valence-electron chi connectivity index (χ3n) is 4.40. The maximum Gasteiger partial charge on any atom is 0.254 e. The van der Waals surface area contributed by atoms with Crippen LogP contribution in [0.5, 0.6) is 0 Å². The highest BCUT2D eigenvalue weighted by atomic mass is 32.2. The quantitative estimate of drug-likeness (QED) is 0.846. The van der Waals surface area contributed by atoms with Crippen molar-refractivity contribution in [2.24, 2.45) is 0 Å². The predicted octanol–water partition coefficient (Wildman–Crippen LogP) is 1.72. The van der Waals surface area contributed by atoms with Crippen molar-refractivity contribution in [1.82, 2.24) is 9.21 Å². The largest absolute Gasteiger partial charge is 0.399 e. The number of sulfonamides is 1. The average Bonchev–Trinajstić information content (AvgIpc) is 2.64. The zero-order valence-electron chi connectivity index (χ0n) is 14.1. The molecule has 1 aliphatic rings. The van der Waals surface area contributed by atoms with Gasteiger partial charge in [0.05, 0.1) is 4.90 Å². The van der Waals surface area contributed by atoms with Crippen molar-refractivity contribution in [2.45, 2.75) is 11.8 Å². The number of benzene rings is 2. The number of amides is 1. The van der Waals surface area contributed by atoms with E-state index in [1.54, 1.807) is 47.4 Å². The molecule has 1 heterocycles. The number of aryl methyl sites for hydroxylation is 1. The van der Waals surface area contributed by atoms with Crippen LogP contribution in [0.3, 0.4) is 0 Å². The maximum atomic E-state index is 12.7. The molecule has 3 rings (SSSR count). The van der Waals surface area contributed by atoms with Crippen molar-refractivity contribution in [2.75, 3.05) is 31.9 Å². The van der Waals surface area contributed by atoms with Gasteiger partial charge >= 0.3 is 0 Å². The molecule has 1 fully saturated rings. The van der Waals surface area contributed by atoms with Crippen LogP contribution in [0.15, 0.2) is 53.4 Å². The molecule has 1 amide bonds. The van der Waals surface area contributed by atoms with Crippen LogP contribution in [0.1, 0.15) is 15.9 Å². The zero-order valence-corrected chi connectivity index (χ0v) is 14.9. The summed E-state index contributed by atoms with van der Waals surface area (Å²) in [6.45, 7) is 3.15. The maximum absolute atomic E-state index is 12.7. The van der Waals surface area contributed by atoms with E-state index in [4.69, 9.17) is 5.73 Å². The molecule has 0 aliphatic carbocycles. The number of hydrogen-bond donors (Lipinski definition) is 1. The molecule has 0 spiro atoms. The van der Waals surface area contributed by atoms with Gasteiger partial charge in [0.15, 0.2) is 0 Å². The Kier molecular flexibility index (Phi) is 4.78. The SMILES string of the molecule is Cc1ccc(N)cc1C(=O)N1CCN(S(=O)(=O)c2ccccc2)CC1. The Bertz CT molecular complexity index is 874. The minimum absolute atomic E-state index is 0.110. The van der Waals surface area contributed by atoms with Gasteiger partial charge in [-0.3, -0.25) is 4.79 Å². The van der Waals surface area contributed by atoms with Crippen LogP contribution in [0.4, 0.5) is 5.69 Å². The summed E-state index contributed by atoms with van der Waals surface area (Å²) in [5, 5.41) is 0. The van der Waals surface area contributed by atoms with Crippen molar-refractivity contribution in [3.05, 3.63) is 59.7 Å². The fourth-order valence-electron chi connectivity index (χ4n) is 2.91. The van der Waals surface area contributed by atoms with Crippen molar-refractivity contribution in [3.63, 3.8) is 0 Å². The summed E-state index contributed by atoms with van der Waals surface area (Å²) in [6.07, 6.45) is 0. The van der Waals surface area contributed by atoms with E-state index < -0.39 is 10.0 Å². The summed E-state index contributed by atoms with van der Waals surface area (Å²) in [6, 6.07) is 13.6. The number of nitrogen functional groups attached to an aromatic ring is 1. The zero-order chi connectivity index (χ0) is 18.0. The number of carbonyl (C=O) groups is 1. The molecule has 0 bridgehead atoms. The van der Waals surface area contributed by atoms with E-state index in [0.29, 0.717) is 24.3 Å². The lowest BCUT2D eigenvalue weighted by molar-refractivity contribution is 0.0697. The van der Waals surface area contributed by atoms with Gasteiger partial charge in [0.25, 0.3) is 5.91 Å². The molecule has 0 atom stereocenters. The van der Waals surface area contributed by atoms with E-state index in [0.717, 1.165) is 5.56 Å². The molecular formula is C18H21N3O3S. The molecule has 2 N–H and O–H groups in total. The average molecular weight is 359 g/mol. The molecule has 0 aromatic heterocycles. The van der Waals surface area contributed by atoms with Crippen LogP contribution in [0.2, 0.25) is 0 Å². The standard InChI is InChI=1S/C18H21N3O3S/c1-14-7-8-15(19)13-17(14)18(22)20-9-11-21(12-10-20)25(23,24)16-5-3-2-4-6-16/h2-8,13H,9-12,19H2,1H3. The molecule has 0 unspecified atom stereocenters. The second kappa shape index (κ2) is 6.85. The van der Waals surface area contributed by atoms with Crippen LogP contribution >= 0.6 is 0 Å². The minimum Gasteiger partial charge on any atom is -0.399 e. The van der Waals surface area contributed by atoms with Crippen LogP contribution in [-0.2, 0) is 10.0 Å². The van der Waals surface area contributed by atoms with E-state index in [2.05, 4.69) is 0 Å². The highest BCUT2D eigenvalue weighted by Gasteiger charge is 2.30. The Labute approximate surface area is 147 Å². The van der Waals surface area contributed by atoms with Crippen LogP contribution in [0.25, 0.3) is 0 Å². The Morgan fingerprint density at radius 1 is 1.00 bits per heavy atom. The molecule has 6 nitrogen and oxygen atoms in total. The van der Waals surface area contributed by atoms with E-state index in [1.165, 1.54) is 4.31 Å². The van der Waals surface area contributed by atoms with Gasteiger partial charge in [-0.2, -0.15) is 4.31 Å². The molecule has 1 saturated heterocycles. The number of nitrogens with zero attached hydrogens (tertiary/aromatic N) is 2. The van der Waals surface area contributed by atoms with E-state index >= 15 is 0 Å². The fourth-order valence-corrected chi connectivity index (χ4v) is 4.36. The second-order valence-corrected chi connectivity index (χ2v) is 8.02. The van der Waals surface area contributed by atoms with Gasteiger partial charge in [0, 0.05) is 37.4 Å². The summed E-state index contributed by atoms with van der Waals surface area (Å²) < 4.78 is 26.7. The molecule has 2 aromatic rings. The van der Waals surface area contributed by atoms with Gasteiger partial charge in [-0.1, -0.05) is 24.3 Å². The molecule has 132 valence electrons. The topological polar surface area (TPSA) is 83.7 Å². The Morgan fingerprint density at radius 3 is 2.28 bits per heavy atom. The number of anilines is 1. The first-order chi connectivity index (χ1) is 11.9. The Morgan fingerprint density at radius 2 is 1.64 bits per heavy atom. The van der Waals surface area contributed by atoms with Gasteiger partial charge in [-0.25, -0.2) is 8.42 Å². The first-order valence-electron chi connectivity index (χ1n) is 8.10. The van der Waals surface area contributed by atoms with E-state index in [9.17, 15) is 13.2 Å². The summed E-state index contributed by atoms with van der Waals surface area (Å²) in [7, 11) is -3.52. The molecule has 0 saturated carbocycles.